The third-order valence-electron chi connectivity index (χ3n) is 3.28. The summed E-state index contributed by atoms with van der Waals surface area (Å²) in [6, 6.07) is 7.49. The Kier molecular flexibility index (Phi) is 4.70. The quantitative estimate of drug-likeness (QED) is 0.751. The summed E-state index contributed by atoms with van der Waals surface area (Å²) >= 11 is 1.50. The lowest BCUT2D eigenvalue weighted by Crippen LogP contribution is -2.24. The zero-order valence-electron chi connectivity index (χ0n) is 12.2. The van der Waals surface area contributed by atoms with Crippen molar-refractivity contribution in [2.75, 3.05) is 0 Å². The highest BCUT2D eigenvalue weighted by molar-refractivity contribution is 7.89. The largest absolute Gasteiger partial charge is 0.256 e. The molecule has 1 aromatic carbocycles. The number of benzene rings is 1. The van der Waals surface area contributed by atoms with Crippen molar-refractivity contribution in [3.8, 4) is 11.3 Å². The van der Waals surface area contributed by atoms with Crippen LogP contribution in [-0.4, -0.2) is 13.4 Å². The Hall–Kier alpha value is -2.16. The summed E-state index contributed by atoms with van der Waals surface area (Å²) < 4.78 is 53.3. The van der Waals surface area contributed by atoms with Gasteiger partial charge in [0.2, 0.25) is 10.0 Å². The van der Waals surface area contributed by atoms with Gasteiger partial charge < -0.3 is 0 Å². The predicted molar refractivity (Wildman–Crippen MR) is 87.9 cm³/mol. The lowest BCUT2D eigenvalue weighted by molar-refractivity contribution is 0.561. The minimum Gasteiger partial charge on any atom is -0.256 e. The molecule has 0 unspecified atom stereocenters. The zero-order valence-corrected chi connectivity index (χ0v) is 13.9. The average molecular weight is 366 g/mol. The SMILES string of the molecule is O=S(=O)(NCc1cccnc1-c1ccsc1)c1cc(F)cc(F)c1. The van der Waals surface area contributed by atoms with Crippen LogP contribution >= 0.6 is 11.3 Å². The number of nitrogens with one attached hydrogen (secondary N) is 1. The second-order valence-electron chi connectivity index (χ2n) is 4.95. The Bertz CT molecular complexity index is 938. The monoisotopic (exact) mass is 366 g/mol. The molecule has 0 saturated heterocycles. The van der Waals surface area contributed by atoms with Gasteiger partial charge in [-0.2, -0.15) is 11.3 Å². The third-order valence-corrected chi connectivity index (χ3v) is 5.35. The van der Waals surface area contributed by atoms with Crippen molar-refractivity contribution < 1.29 is 17.2 Å². The van der Waals surface area contributed by atoms with E-state index in [1.807, 2.05) is 16.8 Å². The van der Waals surface area contributed by atoms with Gasteiger partial charge in [-0.15, -0.1) is 0 Å². The van der Waals surface area contributed by atoms with Crippen molar-refractivity contribution in [3.05, 3.63) is 70.6 Å². The fourth-order valence-electron chi connectivity index (χ4n) is 2.18. The number of nitrogens with zero attached hydrogens (tertiary/aromatic N) is 1. The summed E-state index contributed by atoms with van der Waals surface area (Å²) in [6.07, 6.45) is 1.62. The van der Waals surface area contributed by atoms with Crippen LogP contribution in [0.2, 0.25) is 0 Å². The van der Waals surface area contributed by atoms with Crippen molar-refractivity contribution >= 4 is 21.4 Å². The predicted octanol–water partition coefficient (Wildman–Crippen LogP) is 3.57. The van der Waals surface area contributed by atoms with Crippen molar-refractivity contribution in [1.29, 1.82) is 0 Å². The van der Waals surface area contributed by atoms with Crippen LogP contribution in [0.3, 0.4) is 0 Å². The van der Waals surface area contributed by atoms with E-state index in [1.54, 1.807) is 18.3 Å². The van der Waals surface area contributed by atoms with Gasteiger partial charge in [0.05, 0.1) is 10.6 Å². The molecule has 2 heterocycles. The molecule has 0 saturated carbocycles. The van der Waals surface area contributed by atoms with E-state index in [9.17, 15) is 17.2 Å². The molecule has 4 nitrogen and oxygen atoms in total. The molecule has 0 bridgehead atoms. The first-order valence-corrected chi connectivity index (χ1v) is 9.30. The minimum atomic E-state index is -4.04. The molecule has 0 atom stereocenters. The fraction of sp³-hybridized carbons (Fsp3) is 0.0625. The van der Waals surface area contributed by atoms with E-state index >= 15 is 0 Å². The van der Waals surface area contributed by atoms with Crippen LogP contribution in [0.25, 0.3) is 11.3 Å². The molecule has 8 heteroatoms. The maximum Gasteiger partial charge on any atom is 0.241 e. The summed E-state index contributed by atoms with van der Waals surface area (Å²) in [6.45, 7) is -0.0422. The van der Waals surface area contributed by atoms with E-state index < -0.39 is 26.6 Å². The number of aromatic nitrogens is 1. The molecule has 0 fully saturated rings. The number of halogens is 2. The van der Waals surface area contributed by atoms with Crippen LogP contribution in [0.15, 0.2) is 58.3 Å². The average Bonchev–Trinajstić information content (AvgIpc) is 3.07. The number of pyridine rings is 1. The molecule has 0 aliphatic heterocycles. The zero-order chi connectivity index (χ0) is 17.2. The molecule has 0 amide bonds. The maximum absolute atomic E-state index is 13.2. The summed E-state index contributed by atoms with van der Waals surface area (Å²) in [5, 5.41) is 3.80. The van der Waals surface area contributed by atoms with Gasteiger partial charge in [-0.05, 0) is 35.2 Å². The summed E-state index contributed by atoms with van der Waals surface area (Å²) in [4.78, 5) is 3.82. The highest BCUT2D eigenvalue weighted by Gasteiger charge is 2.17. The summed E-state index contributed by atoms with van der Waals surface area (Å²) in [5.41, 5.74) is 2.20. The second-order valence-corrected chi connectivity index (χ2v) is 7.50. The molecule has 0 aliphatic carbocycles. The van der Waals surface area contributed by atoms with Crippen LogP contribution < -0.4 is 4.72 Å². The smallest absolute Gasteiger partial charge is 0.241 e. The van der Waals surface area contributed by atoms with Crippen LogP contribution in [-0.2, 0) is 16.6 Å². The molecule has 1 N–H and O–H groups in total. The van der Waals surface area contributed by atoms with Crippen LogP contribution in [0.1, 0.15) is 5.56 Å². The van der Waals surface area contributed by atoms with Crippen LogP contribution in [0.4, 0.5) is 8.78 Å². The van der Waals surface area contributed by atoms with Crippen molar-refractivity contribution in [2.45, 2.75) is 11.4 Å². The number of hydrogen-bond donors (Lipinski definition) is 1. The Labute approximate surface area is 141 Å². The third kappa shape index (κ3) is 3.66. The number of rotatable bonds is 5. The van der Waals surface area contributed by atoms with Gasteiger partial charge in [0.25, 0.3) is 0 Å². The van der Waals surface area contributed by atoms with Gasteiger partial charge in [0, 0.05) is 29.8 Å². The Morgan fingerprint density at radius 2 is 1.88 bits per heavy atom. The molecule has 3 aromatic rings. The van der Waals surface area contributed by atoms with Crippen LogP contribution in [0, 0.1) is 11.6 Å². The lowest BCUT2D eigenvalue weighted by atomic mass is 10.1. The van der Waals surface area contributed by atoms with Gasteiger partial charge in [-0.1, -0.05) is 6.07 Å². The molecule has 2 aromatic heterocycles. The van der Waals surface area contributed by atoms with Crippen molar-refractivity contribution in [2.24, 2.45) is 0 Å². The summed E-state index contributed by atoms with van der Waals surface area (Å²) in [5.74, 6) is -1.90. The first-order chi connectivity index (χ1) is 11.5. The number of thiophene rings is 1. The maximum atomic E-state index is 13.2. The van der Waals surface area contributed by atoms with E-state index in [2.05, 4.69) is 9.71 Å². The van der Waals surface area contributed by atoms with Crippen LogP contribution in [0.5, 0.6) is 0 Å². The highest BCUT2D eigenvalue weighted by atomic mass is 32.2. The van der Waals surface area contributed by atoms with Gasteiger partial charge in [-0.3, -0.25) is 4.98 Å². The van der Waals surface area contributed by atoms with E-state index in [4.69, 9.17) is 0 Å². The molecular weight excluding hydrogens is 354 g/mol. The summed E-state index contributed by atoms with van der Waals surface area (Å²) in [7, 11) is -4.04. The van der Waals surface area contributed by atoms with E-state index in [0.717, 1.165) is 17.7 Å². The van der Waals surface area contributed by atoms with E-state index in [0.29, 0.717) is 17.3 Å². The molecule has 0 aliphatic rings. The fourth-order valence-corrected chi connectivity index (χ4v) is 3.87. The molecular formula is C16H12F2N2O2S2. The second kappa shape index (κ2) is 6.76. The molecule has 0 spiro atoms. The lowest BCUT2D eigenvalue weighted by Gasteiger charge is -2.10. The first-order valence-electron chi connectivity index (χ1n) is 6.88. The Balaban J connectivity index is 1.86. The van der Waals surface area contributed by atoms with Crippen molar-refractivity contribution in [3.63, 3.8) is 0 Å². The molecule has 0 radical (unpaired) electrons. The minimum absolute atomic E-state index is 0.0422. The van der Waals surface area contributed by atoms with Gasteiger partial charge in [-0.25, -0.2) is 21.9 Å². The van der Waals surface area contributed by atoms with Crippen molar-refractivity contribution in [1.82, 2.24) is 9.71 Å². The molecule has 124 valence electrons. The van der Waals surface area contributed by atoms with Gasteiger partial charge >= 0.3 is 0 Å². The Morgan fingerprint density at radius 1 is 1.12 bits per heavy atom. The van der Waals surface area contributed by atoms with E-state index in [-0.39, 0.29) is 6.54 Å². The number of sulfonamides is 1. The first kappa shape index (κ1) is 16.7. The molecule has 24 heavy (non-hydrogen) atoms. The van der Waals surface area contributed by atoms with E-state index in [1.165, 1.54) is 11.3 Å². The van der Waals surface area contributed by atoms with Gasteiger partial charge in [0.1, 0.15) is 11.6 Å². The normalized spacial score (nSPS) is 11.6. The topological polar surface area (TPSA) is 59.1 Å². The Morgan fingerprint density at radius 3 is 2.54 bits per heavy atom. The standard InChI is InChI=1S/C16H12F2N2O2S2/c17-13-6-14(18)8-15(7-13)24(21,22)20-9-11-2-1-4-19-16(11)12-3-5-23-10-12/h1-8,10,20H,9H2. The molecule has 3 rings (SSSR count). The highest BCUT2D eigenvalue weighted by Crippen LogP contribution is 2.24. The number of hydrogen-bond acceptors (Lipinski definition) is 4. The van der Waals surface area contributed by atoms with Gasteiger partial charge in [0.15, 0.2) is 0 Å².